The van der Waals surface area contributed by atoms with Gasteiger partial charge in [-0.2, -0.15) is 0 Å². The van der Waals surface area contributed by atoms with E-state index in [1.807, 2.05) is 6.07 Å². The van der Waals surface area contributed by atoms with Gasteiger partial charge in [0.25, 0.3) is 0 Å². The van der Waals surface area contributed by atoms with Crippen molar-refractivity contribution in [2.75, 3.05) is 5.32 Å². The van der Waals surface area contributed by atoms with Crippen LogP contribution < -0.4 is 10.9 Å². The van der Waals surface area contributed by atoms with Gasteiger partial charge < -0.3 is 9.73 Å². The lowest BCUT2D eigenvalue weighted by Gasteiger charge is -2.16. The van der Waals surface area contributed by atoms with Crippen LogP contribution in [0.2, 0.25) is 0 Å². The van der Waals surface area contributed by atoms with Gasteiger partial charge in [0.15, 0.2) is 0 Å². The normalized spacial score (nSPS) is 13.6. The molecule has 2 aromatic rings. The number of nitrogens with one attached hydrogen (secondary N) is 1. The SMILES string of the molecule is CC(=O)Nc1ccc(-c2ccc3c(c2)CCCC3)oc1=O. The smallest absolute Gasteiger partial charge is 0.360 e. The Hall–Kier alpha value is -2.36. The minimum atomic E-state index is -0.527. The molecule has 0 fully saturated rings. The summed E-state index contributed by atoms with van der Waals surface area (Å²) >= 11 is 0. The number of amides is 1. The summed E-state index contributed by atoms with van der Waals surface area (Å²) in [6, 6.07) is 9.51. The summed E-state index contributed by atoms with van der Waals surface area (Å²) < 4.78 is 5.32. The quantitative estimate of drug-likeness (QED) is 0.921. The fourth-order valence-corrected chi connectivity index (χ4v) is 2.74. The Balaban J connectivity index is 1.95. The van der Waals surface area contributed by atoms with E-state index >= 15 is 0 Å². The topological polar surface area (TPSA) is 59.3 Å². The number of anilines is 1. The average Bonchev–Trinajstić information content (AvgIpc) is 2.48. The highest BCUT2D eigenvalue weighted by atomic mass is 16.4. The van der Waals surface area contributed by atoms with Gasteiger partial charge in [-0.15, -0.1) is 0 Å². The van der Waals surface area contributed by atoms with Gasteiger partial charge >= 0.3 is 5.63 Å². The first-order valence-electron chi connectivity index (χ1n) is 7.17. The van der Waals surface area contributed by atoms with Gasteiger partial charge in [0.1, 0.15) is 11.4 Å². The molecule has 0 bridgehead atoms. The van der Waals surface area contributed by atoms with Gasteiger partial charge in [-0.05, 0) is 55.0 Å². The second-order valence-electron chi connectivity index (χ2n) is 5.37. The Labute approximate surface area is 122 Å². The molecule has 1 aliphatic carbocycles. The molecule has 1 N–H and O–H groups in total. The Morgan fingerprint density at radius 1 is 1.10 bits per heavy atom. The highest BCUT2D eigenvalue weighted by Gasteiger charge is 2.12. The molecule has 3 rings (SSSR count). The van der Waals surface area contributed by atoms with Gasteiger partial charge in [0.2, 0.25) is 5.91 Å². The van der Waals surface area contributed by atoms with E-state index in [4.69, 9.17) is 4.42 Å². The highest BCUT2D eigenvalue weighted by Crippen LogP contribution is 2.27. The number of hydrogen-bond donors (Lipinski definition) is 1. The van der Waals surface area contributed by atoms with Crippen LogP contribution in [0.3, 0.4) is 0 Å². The van der Waals surface area contributed by atoms with E-state index in [-0.39, 0.29) is 11.6 Å². The molecule has 0 aliphatic heterocycles. The summed E-state index contributed by atoms with van der Waals surface area (Å²) in [7, 11) is 0. The van der Waals surface area contributed by atoms with Crippen molar-refractivity contribution in [2.45, 2.75) is 32.6 Å². The minimum absolute atomic E-state index is 0.171. The van der Waals surface area contributed by atoms with Crippen molar-refractivity contribution in [3.63, 3.8) is 0 Å². The molecular formula is C17H17NO3. The van der Waals surface area contributed by atoms with Crippen LogP contribution in [0.15, 0.2) is 39.5 Å². The summed E-state index contributed by atoms with van der Waals surface area (Å²) in [5, 5.41) is 2.46. The van der Waals surface area contributed by atoms with E-state index in [2.05, 4.69) is 17.4 Å². The molecule has 1 amide bonds. The number of benzene rings is 1. The Kier molecular flexibility index (Phi) is 3.60. The van der Waals surface area contributed by atoms with Crippen molar-refractivity contribution < 1.29 is 9.21 Å². The zero-order chi connectivity index (χ0) is 14.8. The average molecular weight is 283 g/mol. The molecule has 1 heterocycles. The van der Waals surface area contributed by atoms with Crippen molar-refractivity contribution in [3.05, 3.63) is 51.9 Å². The van der Waals surface area contributed by atoms with Crippen LogP contribution in [0.1, 0.15) is 30.9 Å². The second-order valence-corrected chi connectivity index (χ2v) is 5.37. The van der Waals surface area contributed by atoms with Crippen molar-refractivity contribution in [1.82, 2.24) is 0 Å². The van der Waals surface area contributed by atoms with Crippen molar-refractivity contribution in [1.29, 1.82) is 0 Å². The molecule has 21 heavy (non-hydrogen) atoms. The summed E-state index contributed by atoms with van der Waals surface area (Å²) in [5.41, 5.74) is 3.28. The predicted molar refractivity (Wildman–Crippen MR) is 81.4 cm³/mol. The third kappa shape index (κ3) is 2.89. The molecule has 4 heteroatoms. The summed E-state index contributed by atoms with van der Waals surface area (Å²) in [5.74, 6) is 0.242. The maximum Gasteiger partial charge on any atom is 0.360 e. The molecule has 108 valence electrons. The fourth-order valence-electron chi connectivity index (χ4n) is 2.74. The number of hydrogen-bond acceptors (Lipinski definition) is 3. The predicted octanol–water partition coefficient (Wildman–Crippen LogP) is 3.14. The standard InChI is InChI=1S/C17H17NO3/c1-11(19)18-15-8-9-16(21-17(15)20)14-7-6-12-4-2-3-5-13(12)10-14/h6-10H,2-5H2,1H3,(H,18,19). The van der Waals surface area contributed by atoms with Crippen LogP contribution in [0.25, 0.3) is 11.3 Å². The summed E-state index contributed by atoms with van der Waals surface area (Å²) in [6.45, 7) is 1.36. The minimum Gasteiger partial charge on any atom is -0.421 e. The van der Waals surface area contributed by atoms with Gasteiger partial charge in [0, 0.05) is 12.5 Å². The zero-order valence-corrected chi connectivity index (χ0v) is 11.9. The van der Waals surface area contributed by atoms with Crippen molar-refractivity contribution >= 4 is 11.6 Å². The van der Waals surface area contributed by atoms with Crippen LogP contribution in [-0.4, -0.2) is 5.91 Å². The molecule has 1 aliphatic rings. The molecule has 4 nitrogen and oxygen atoms in total. The molecular weight excluding hydrogens is 266 g/mol. The number of carbonyl (C=O) groups excluding carboxylic acids is 1. The van der Waals surface area contributed by atoms with E-state index in [0.717, 1.165) is 18.4 Å². The lowest BCUT2D eigenvalue weighted by atomic mass is 9.90. The van der Waals surface area contributed by atoms with Crippen LogP contribution in [0, 0.1) is 0 Å². The lowest BCUT2D eigenvalue weighted by molar-refractivity contribution is -0.114. The maximum atomic E-state index is 11.9. The second kappa shape index (κ2) is 5.56. The Morgan fingerprint density at radius 2 is 1.86 bits per heavy atom. The molecule has 0 atom stereocenters. The first-order valence-corrected chi connectivity index (χ1v) is 7.17. The van der Waals surface area contributed by atoms with E-state index < -0.39 is 5.63 Å². The first-order chi connectivity index (χ1) is 10.1. The summed E-state index contributed by atoms with van der Waals surface area (Å²) in [6.07, 6.45) is 4.66. The number of rotatable bonds is 2. The molecule has 1 aromatic carbocycles. The van der Waals surface area contributed by atoms with Gasteiger partial charge in [-0.1, -0.05) is 12.1 Å². The largest absolute Gasteiger partial charge is 0.421 e. The van der Waals surface area contributed by atoms with Crippen LogP contribution in [0.4, 0.5) is 5.69 Å². The van der Waals surface area contributed by atoms with Gasteiger partial charge in [-0.3, -0.25) is 4.79 Å². The van der Waals surface area contributed by atoms with Crippen LogP contribution in [0.5, 0.6) is 0 Å². The first kappa shape index (κ1) is 13.6. The fraction of sp³-hybridized carbons (Fsp3) is 0.294. The third-order valence-corrected chi connectivity index (χ3v) is 3.77. The number of fused-ring (bicyclic) bond motifs is 1. The highest BCUT2D eigenvalue weighted by molar-refractivity contribution is 5.88. The van der Waals surface area contributed by atoms with Crippen LogP contribution >= 0.6 is 0 Å². The van der Waals surface area contributed by atoms with Crippen molar-refractivity contribution in [2.24, 2.45) is 0 Å². The Morgan fingerprint density at radius 3 is 2.57 bits per heavy atom. The van der Waals surface area contributed by atoms with Crippen LogP contribution in [-0.2, 0) is 17.6 Å². The molecule has 0 unspecified atom stereocenters. The molecule has 0 radical (unpaired) electrons. The van der Waals surface area contributed by atoms with Gasteiger partial charge in [-0.25, -0.2) is 4.79 Å². The molecule has 1 aromatic heterocycles. The molecule has 0 saturated heterocycles. The zero-order valence-electron chi connectivity index (χ0n) is 11.9. The van der Waals surface area contributed by atoms with Gasteiger partial charge in [0.05, 0.1) is 0 Å². The van der Waals surface area contributed by atoms with Crippen molar-refractivity contribution in [3.8, 4) is 11.3 Å². The number of aryl methyl sites for hydroxylation is 2. The monoisotopic (exact) mass is 283 g/mol. The van der Waals surface area contributed by atoms with E-state index in [1.54, 1.807) is 12.1 Å². The van der Waals surface area contributed by atoms with E-state index in [9.17, 15) is 9.59 Å². The summed E-state index contributed by atoms with van der Waals surface area (Å²) in [4.78, 5) is 22.8. The molecule has 0 saturated carbocycles. The molecule has 0 spiro atoms. The third-order valence-electron chi connectivity index (χ3n) is 3.77. The lowest BCUT2D eigenvalue weighted by Crippen LogP contribution is -2.14. The number of carbonyl (C=O) groups is 1. The maximum absolute atomic E-state index is 11.9. The Bertz CT molecular complexity index is 746. The van der Waals surface area contributed by atoms with E-state index in [1.165, 1.54) is 30.9 Å². The van der Waals surface area contributed by atoms with E-state index in [0.29, 0.717) is 5.76 Å².